The predicted molar refractivity (Wildman–Crippen MR) is 122 cm³/mol. The Hall–Kier alpha value is -2.68. The van der Waals surface area contributed by atoms with Gasteiger partial charge in [-0.1, -0.05) is 0 Å². The van der Waals surface area contributed by atoms with Gasteiger partial charge in [0, 0.05) is 6.20 Å². The lowest BCUT2D eigenvalue weighted by Gasteiger charge is -2.22. The van der Waals surface area contributed by atoms with Crippen LogP contribution >= 0.6 is 0 Å². The van der Waals surface area contributed by atoms with Crippen molar-refractivity contribution >= 4 is 23.8 Å². The molecule has 31 heavy (non-hydrogen) atoms. The SMILES string of the molecule is Cc1ncc(CCCN(C)C)cc1N=C(NC(=O)OC(C)(C)C)NC(=O)OC(C)(C)C. The lowest BCUT2D eigenvalue weighted by atomic mass is 10.1. The number of amides is 2. The van der Waals surface area contributed by atoms with Gasteiger partial charge >= 0.3 is 12.2 Å². The minimum Gasteiger partial charge on any atom is -0.444 e. The lowest BCUT2D eigenvalue weighted by molar-refractivity contribution is 0.0545. The number of hydrogen-bond acceptors (Lipinski definition) is 7. The Balaban J connectivity index is 3.12. The first-order valence-electron chi connectivity index (χ1n) is 10.3. The molecule has 0 spiro atoms. The van der Waals surface area contributed by atoms with E-state index in [1.54, 1.807) is 48.5 Å². The molecule has 1 rings (SSSR count). The largest absolute Gasteiger partial charge is 0.444 e. The molecule has 1 aromatic heterocycles. The first-order valence-corrected chi connectivity index (χ1v) is 10.3. The van der Waals surface area contributed by atoms with Crippen molar-refractivity contribution in [2.24, 2.45) is 4.99 Å². The molecule has 9 nitrogen and oxygen atoms in total. The van der Waals surface area contributed by atoms with Crippen LogP contribution in [0.15, 0.2) is 17.3 Å². The normalized spacial score (nSPS) is 11.7. The highest BCUT2D eigenvalue weighted by Gasteiger charge is 2.21. The standard InChI is InChI=1S/C22H37N5O4/c1-15-17(13-16(14-23-15)11-10-12-27(8)9)24-18(25-19(28)30-21(2,3)4)26-20(29)31-22(5,6)7/h13-14H,10-12H2,1-9H3,(H2,24,25,26,28,29). The van der Waals surface area contributed by atoms with Gasteiger partial charge < -0.3 is 14.4 Å². The summed E-state index contributed by atoms with van der Waals surface area (Å²) < 4.78 is 10.5. The van der Waals surface area contributed by atoms with Crippen LogP contribution in [0.1, 0.15) is 59.2 Å². The Morgan fingerprint density at radius 2 is 1.55 bits per heavy atom. The minimum absolute atomic E-state index is 0.0983. The zero-order valence-electron chi connectivity index (χ0n) is 20.3. The van der Waals surface area contributed by atoms with E-state index in [4.69, 9.17) is 9.47 Å². The molecule has 0 saturated carbocycles. The maximum Gasteiger partial charge on any atom is 0.414 e. The summed E-state index contributed by atoms with van der Waals surface area (Å²) in [5.41, 5.74) is 0.797. The van der Waals surface area contributed by atoms with Gasteiger partial charge in [0.05, 0.1) is 11.4 Å². The van der Waals surface area contributed by atoms with Gasteiger partial charge in [-0.05, 0) is 93.6 Å². The van der Waals surface area contributed by atoms with E-state index in [2.05, 4.69) is 25.5 Å². The molecule has 0 atom stereocenters. The maximum atomic E-state index is 12.3. The average Bonchev–Trinajstić information content (AvgIpc) is 2.53. The fourth-order valence-electron chi connectivity index (χ4n) is 2.42. The molecule has 0 fully saturated rings. The van der Waals surface area contributed by atoms with Crippen molar-refractivity contribution in [3.05, 3.63) is 23.5 Å². The van der Waals surface area contributed by atoms with E-state index >= 15 is 0 Å². The van der Waals surface area contributed by atoms with Crippen LogP contribution in [0.5, 0.6) is 0 Å². The highest BCUT2D eigenvalue weighted by molar-refractivity contribution is 6.02. The number of hydrogen-bond donors (Lipinski definition) is 2. The smallest absolute Gasteiger partial charge is 0.414 e. The minimum atomic E-state index is -0.741. The van der Waals surface area contributed by atoms with Crippen molar-refractivity contribution < 1.29 is 19.1 Å². The second-order valence-electron chi connectivity index (χ2n) is 9.57. The van der Waals surface area contributed by atoms with E-state index in [-0.39, 0.29) is 5.96 Å². The van der Waals surface area contributed by atoms with Crippen LogP contribution in [-0.2, 0) is 15.9 Å². The van der Waals surface area contributed by atoms with Gasteiger partial charge in [-0.15, -0.1) is 0 Å². The van der Waals surface area contributed by atoms with Gasteiger partial charge in [-0.25, -0.2) is 14.6 Å². The summed E-state index contributed by atoms with van der Waals surface area (Å²) in [6.07, 6.45) is 2.14. The number of aryl methyl sites for hydroxylation is 2. The van der Waals surface area contributed by atoms with Gasteiger partial charge in [0.1, 0.15) is 11.2 Å². The van der Waals surface area contributed by atoms with Crippen molar-refractivity contribution in [3.8, 4) is 0 Å². The first-order chi connectivity index (χ1) is 14.1. The summed E-state index contributed by atoms with van der Waals surface area (Å²) in [6, 6.07) is 1.89. The third kappa shape index (κ3) is 11.9. The van der Waals surface area contributed by atoms with E-state index in [1.807, 2.05) is 26.4 Å². The van der Waals surface area contributed by atoms with Crippen LogP contribution in [0.2, 0.25) is 0 Å². The number of alkyl carbamates (subject to hydrolysis) is 2. The number of carbonyl (C=O) groups is 2. The molecule has 1 aromatic rings. The van der Waals surface area contributed by atoms with Crippen molar-refractivity contribution in [1.29, 1.82) is 0 Å². The number of pyridine rings is 1. The van der Waals surface area contributed by atoms with Gasteiger partial charge in [0.25, 0.3) is 0 Å². The molecule has 0 aromatic carbocycles. The van der Waals surface area contributed by atoms with Crippen LogP contribution in [0.25, 0.3) is 0 Å². The lowest BCUT2D eigenvalue weighted by Crippen LogP contribution is -2.47. The second-order valence-corrected chi connectivity index (χ2v) is 9.57. The number of carbonyl (C=O) groups excluding carboxylic acids is 2. The van der Waals surface area contributed by atoms with E-state index < -0.39 is 23.4 Å². The number of guanidine groups is 1. The molecule has 0 aliphatic carbocycles. The number of aliphatic imine (C=N–C) groups is 1. The summed E-state index contributed by atoms with van der Waals surface area (Å²) in [5, 5.41) is 4.97. The summed E-state index contributed by atoms with van der Waals surface area (Å²) in [6.45, 7) is 13.2. The number of nitrogens with one attached hydrogen (secondary N) is 2. The van der Waals surface area contributed by atoms with E-state index in [0.717, 1.165) is 24.9 Å². The van der Waals surface area contributed by atoms with E-state index in [9.17, 15) is 9.59 Å². The molecular weight excluding hydrogens is 398 g/mol. The summed E-state index contributed by atoms with van der Waals surface area (Å²) in [4.78, 5) is 35.5. The van der Waals surface area contributed by atoms with Crippen LogP contribution in [0.3, 0.4) is 0 Å². The fraction of sp³-hybridized carbons (Fsp3) is 0.636. The Morgan fingerprint density at radius 1 is 1.03 bits per heavy atom. The average molecular weight is 436 g/mol. The molecule has 9 heteroatoms. The number of nitrogens with zero attached hydrogens (tertiary/aromatic N) is 3. The number of aromatic nitrogens is 1. The van der Waals surface area contributed by atoms with Gasteiger partial charge in [-0.2, -0.15) is 0 Å². The topological polar surface area (TPSA) is 105 Å². The van der Waals surface area contributed by atoms with Crippen molar-refractivity contribution in [3.63, 3.8) is 0 Å². The van der Waals surface area contributed by atoms with E-state index in [0.29, 0.717) is 11.4 Å². The molecule has 2 N–H and O–H groups in total. The highest BCUT2D eigenvalue weighted by Crippen LogP contribution is 2.19. The molecular formula is C22H37N5O4. The number of rotatable bonds is 5. The van der Waals surface area contributed by atoms with Gasteiger partial charge in [-0.3, -0.25) is 15.6 Å². The van der Waals surface area contributed by atoms with Crippen LogP contribution in [0.4, 0.5) is 15.3 Å². The molecule has 1 heterocycles. The van der Waals surface area contributed by atoms with Crippen LogP contribution < -0.4 is 10.6 Å². The maximum absolute atomic E-state index is 12.3. The van der Waals surface area contributed by atoms with Crippen LogP contribution in [-0.4, -0.2) is 59.9 Å². The van der Waals surface area contributed by atoms with Crippen molar-refractivity contribution in [2.45, 2.75) is 72.5 Å². The molecule has 2 amide bonds. The molecule has 0 radical (unpaired) electrons. The Morgan fingerprint density at radius 3 is 2.00 bits per heavy atom. The molecule has 0 saturated heterocycles. The van der Waals surface area contributed by atoms with Gasteiger partial charge in [0.15, 0.2) is 0 Å². The molecule has 0 aliphatic heterocycles. The third-order valence-electron chi connectivity index (χ3n) is 3.66. The third-order valence-corrected chi connectivity index (χ3v) is 3.66. The first kappa shape index (κ1) is 26.4. The Bertz CT molecular complexity index is 760. The number of ether oxygens (including phenoxy) is 2. The monoisotopic (exact) mass is 435 g/mol. The van der Waals surface area contributed by atoms with Crippen LogP contribution in [0, 0.1) is 6.92 Å². The second kappa shape index (κ2) is 11.1. The molecule has 0 unspecified atom stereocenters. The van der Waals surface area contributed by atoms with Gasteiger partial charge in [0.2, 0.25) is 5.96 Å². The Kier molecular flexibility index (Phi) is 9.42. The molecule has 0 bridgehead atoms. The molecule has 0 aliphatic rings. The Labute approximate surface area is 185 Å². The summed E-state index contributed by atoms with van der Waals surface area (Å²) in [7, 11) is 4.06. The quantitative estimate of drug-likeness (QED) is 0.536. The molecule has 174 valence electrons. The summed E-state index contributed by atoms with van der Waals surface area (Å²) >= 11 is 0. The predicted octanol–water partition coefficient (Wildman–Crippen LogP) is 3.92. The van der Waals surface area contributed by atoms with Crippen molar-refractivity contribution in [2.75, 3.05) is 20.6 Å². The zero-order valence-corrected chi connectivity index (χ0v) is 20.3. The van der Waals surface area contributed by atoms with Crippen molar-refractivity contribution in [1.82, 2.24) is 20.5 Å². The zero-order chi connectivity index (χ0) is 23.8. The summed E-state index contributed by atoms with van der Waals surface area (Å²) in [5.74, 6) is -0.0983. The van der Waals surface area contributed by atoms with E-state index in [1.165, 1.54) is 0 Å². The highest BCUT2D eigenvalue weighted by atomic mass is 16.6. The fourth-order valence-corrected chi connectivity index (χ4v) is 2.42.